The van der Waals surface area contributed by atoms with Gasteiger partial charge in [-0.3, -0.25) is 4.79 Å². The zero-order valence-electron chi connectivity index (χ0n) is 9.98. The smallest absolute Gasteiger partial charge is 0.270 e. The van der Waals surface area contributed by atoms with Gasteiger partial charge in [-0.2, -0.15) is 0 Å². The molecule has 1 heterocycles. The average Bonchev–Trinajstić information content (AvgIpc) is 2.74. The highest BCUT2D eigenvalue weighted by Gasteiger charge is 2.22. The number of hydrogen-bond acceptors (Lipinski definition) is 2. The second kappa shape index (κ2) is 7.13. The lowest BCUT2D eigenvalue weighted by atomic mass is 10.3. The largest absolute Gasteiger partial charge is 0.395 e. The number of hydrogen-bond donors (Lipinski definition) is 1. The first-order valence-electron chi connectivity index (χ1n) is 5.57. The number of aliphatic hydroxyl groups is 1. The van der Waals surface area contributed by atoms with E-state index in [4.69, 9.17) is 5.11 Å². The lowest BCUT2D eigenvalue weighted by molar-refractivity contribution is 0.0494. The molecule has 1 rings (SSSR count). The quantitative estimate of drug-likeness (QED) is 0.769. The van der Waals surface area contributed by atoms with Gasteiger partial charge in [0, 0.05) is 12.7 Å². The Hall–Kier alpha value is -1.57. The second-order valence-electron chi connectivity index (χ2n) is 3.80. The van der Waals surface area contributed by atoms with E-state index >= 15 is 0 Å². The molecule has 0 atom stereocenters. The third-order valence-electron chi connectivity index (χ3n) is 2.40. The molecule has 0 saturated heterocycles. The Balaban J connectivity index is 2.86. The van der Waals surface area contributed by atoms with Gasteiger partial charge in [0.2, 0.25) is 0 Å². The molecule has 1 aromatic rings. The van der Waals surface area contributed by atoms with Gasteiger partial charge in [-0.15, -0.1) is 0 Å². The maximum atomic E-state index is 12.3. The van der Waals surface area contributed by atoms with Crippen molar-refractivity contribution in [2.24, 2.45) is 0 Å². The molecule has 108 valence electrons. The Morgan fingerprint density at radius 1 is 1.32 bits per heavy atom. The molecule has 0 aliphatic rings. The van der Waals surface area contributed by atoms with Gasteiger partial charge in [0.15, 0.2) is 0 Å². The molecular weight excluding hydrogens is 268 g/mol. The van der Waals surface area contributed by atoms with Gasteiger partial charge in [0.25, 0.3) is 18.8 Å². The van der Waals surface area contributed by atoms with Crippen LogP contribution in [0.4, 0.5) is 17.6 Å². The van der Waals surface area contributed by atoms with Crippen LogP contribution >= 0.6 is 0 Å². The summed E-state index contributed by atoms with van der Waals surface area (Å²) in [5.74, 6) is -0.806. The molecule has 0 fully saturated rings. The number of aromatic nitrogens is 1. The lowest BCUT2D eigenvalue weighted by Crippen LogP contribution is -2.38. The van der Waals surface area contributed by atoms with Crippen LogP contribution in [0, 0.1) is 0 Å². The highest BCUT2D eigenvalue weighted by molar-refractivity contribution is 5.92. The summed E-state index contributed by atoms with van der Waals surface area (Å²) in [5, 5.41) is 8.75. The van der Waals surface area contributed by atoms with Crippen molar-refractivity contribution in [3.05, 3.63) is 24.0 Å². The molecule has 19 heavy (non-hydrogen) atoms. The van der Waals surface area contributed by atoms with Crippen LogP contribution < -0.4 is 0 Å². The van der Waals surface area contributed by atoms with Gasteiger partial charge in [-0.05, 0) is 12.1 Å². The first kappa shape index (κ1) is 15.5. The molecular formula is C11H14F4N2O2. The van der Waals surface area contributed by atoms with Crippen LogP contribution in [0.2, 0.25) is 0 Å². The number of alkyl halides is 4. The first-order valence-corrected chi connectivity index (χ1v) is 5.57. The minimum absolute atomic E-state index is 0.102. The maximum absolute atomic E-state index is 12.3. The Morgan fingerprint density at radius 3 is 2.53 bits per heavy atom. The molecule has 0 bridgehead atoms. The van der Waals surface area contributed by atoms with Crippen LogP contribution in [-0.2, 0) is 6.54 Å². The fourth-order valence-electron chi connectivity index (χ4n) is 1.64. The Bertz CT molecular complexity index is 409. The number of rotatable bonds is 7. The fraction of sp³-hybridized carbons (Fsp3) is 0.545. The number of nitrogens with zero attached hydrogens (tertiary/aromatic N) is 2. The molecule has 0 unspecified atom stereocenters. The van der Waals surface area contributed by atoms with Gasteiger partial charge in [-0.1, -0.05) is 0 Å². The van der Waals surface area contributed by atoms with Crippen LogP contribution in [0.1, 0.15) is 10.5 Å². The molecule has 0 radical (unpaired) electrons. The number of carbonyl (C=O) groups excluding carboxylic acids is 1. The Morgan fingerprint density at radius 2 is 2.00 bits per heavy atom. The van der Waals surface area contributed by atoms with E-state index in [0.29, 0.717) is 0 Å². The molecule has 0 aliphatic heterocycles. The lowest BCUT2D eigenvalue weighted by Gasteiger charge is -2.22. The zero-order chi connectivity index (χ0) is 14.4. The topological polar surface area (TPSA) is 45.5 Å². The van der Waals surface area contributed by atoms with E-state index in [9.17, 15) is 22.4 Å². The maximum Gasteiger partial charge on any atom is 0.270 e. The average molecular weight is 282 g/mol. The number of carbonyl (C=O) groups is 1. The Labute approximate surface area is 107 Å². The zero-order valence-corrected chi connectivity index (χ0v) is 9.98. The van der Waals surface area contributed by atoms with Crippen molar-refractivity contribution in [3.63, 3.8) is 0 Å². The minimum Gasteiger partial charge on any atom is -0.395 e. The number of amides is 1. The van der Waals surface area contributed by atoms with E-state index in [0.717, 1.165) is 9.47 Å². The van der Waals surface area contributed by atoms with E-state index in [1.807, 2.05) is 0 Å². The molecule has 0 spiro atoms. The summed E-state index contributed by atoms with van der Waals surface area (Å²) in [5.41, 5.74) is -0.102. The van der Waals surface area contributed by atoms with Crippen molar-refractivity contribution in [2.45, 2.75) is 19.4 Å². The molecule has 0 aromatic carbocycles. The third-order valence-corrected chi connectivity index (χ3v) is 2.40. The van der Waals surface area contributed by atoms with E-state index in [1.165, 1.54) is 18.3 Å². The number of halogens is 4. The second-order valence-corrected chi connectivity index (χ2v) is 3.80. The normalized spacial score (nSPS) is 11.3. The third kappa shape index (κ3) is 4.55. The van der Waals surface area contributed by atoms with Crippen molar-refractivity contribution in [3.8, 4) is 0 Å². The molecule has 1 N–H and O–H groups in total. The van der Waals surface area contributed by atoms with Crippen LogP contribution in [-0.4, -0.2) is 53.0 Å². The van der Waals surface area contributed by atoms with E-state index in [1.54, 1.807) is 0 Å². The molecule has 8 heteroatoms. The van der Waals surface area contributed by atoms with Crippen molar-refractivity contribution < 1.29 is 27.5 Å². The summed E-state index contributed by atoms with van der Waals surface area (Å²) in [4.78, 5) is 12.7. The summed E-state index contributed by atoms with van der Waals surface area (Å²) in [7, 11) is 0. The van der Waals surface area contributed by atoms with Crippen LogP contribution in [0.3, 0.4) is 0 Å². The van der Waals surface area contributed by atoms with Crippen molar-refractivity contribution >= 4 is 5.91 Å². The Kier molecular flexibility index (Phi) is 5.81. The van der Waals surface area contributed by atoms with Crippen LogP contribution in [0.5, 0.6) is 0 Å². The van der Waals surface area contributed by atoms with Gasteiger partial charge in [-0.25, -0.2) is 17.6 Å². The number of aliphatic hydroxyl groups excluding tert-OH is 1. The molecule has 0 saturated carbocycles. The monoisotopic (exact) mass is 282 g/mol. The predicted molar refractivity (Wildman–Crippen MR) is 59.4 cm³/mol. The SMILES string of the molecule is O=C(c1cccn1CC(F)F)N(CCO)CC(F)F. The minimum atomic E-state index is -2.76. The van der Waals surface area contributed by atoms with Crippen molar-refractivity contribution in [1.29, 1.82) is 0 Å². The molecule has 0 aliphatic carbocycles. The summed E-state index contributed by atoms with van der Waals surface area (Å²) in [6, 6.07) is 2.66. The van der Waals surface area contributed by atoms with Gasteiger partial charge in [0.05, 0.1) is 19.7 Å². The molecule has 1 amide bonds. The standard InChI is InChI=1S/C11H14F4N2O2/c12-9(13)6-16-3-1-2-8(16)11(19)17(4-5-18)7-10(14)15/h1-3,9-10,18H,4-7H2. The van der Waals surface area contributed by atoms with Crippen LogP contribution in [0.25, 0.3) is 0 Å². The highest BCUT2D eigenvalue weighted by atomic mass is 19.3. The highest BCUT2D eigenvalue weighted by Crippen LogP contribution is 2.11. The van der Waals surface area contributed by atoms with Crippen molar-refractivity contribution in [1.82, 2.24) is 9.47 Å². The first-order chi connectivity index (χ1) is 8.95. The summed E-state index contributed by atoms with van der Waals surface area (Å²) < 4.78 is 50.2. The van der Waals surface area contributed by atoms with Gasteiger partial charge >= 0.3 is 0 Å². The van der Waals surface area contributed by atoms with E-state index in [2.05, 4.69) is 0 Å². The van der Waals surface area contributed by atoms with Crippen molar-refractivity contribution in [2.75, 3.05) is 19.7 Å². The molecule has 1 aromatic heterocycles. The van der Waals surface area contributed by atoms with E-state index < -0.39 is 38.5 Å². The van der Waals surface area contributed by atoms with Gasteiger partial charge in [0.1, 0.15) is 5.69 Å². The van der Waals surface area contributed by atoms with E-state index in [-0.39, 0.29) is 12.2 Å². The summed E-state index contributed by atoms with van der Waals surface area (Å²) in [6.07, 6.45) is -4.13. The predicted octanol–water partition coefficient (Wildman–Crippen LogP) is 1.45. The van der Waals surface area contributed by atoms with Gasteiger partial charge < -0.3 is 14.6 Å². The summed E-state index contributed by atoms with van der Waals surface area (Å²) in [6.45, 7) is -2.29. The molecule has 4 nitrogen and oxygen atoms in total. The van der Waals surface area contributed by atoms with Crippen LogP contribution in [0.15, 0.2) is 18.3 Å². The summed E-state index contributed by atoms with van der Waals surface area (Å²) >= 11 is 0. The fourth-order valence-corrected chi connectivity index (χ4v) is 1.64.